The van der Waals surface area contributed by atoms with Gasteiger partial charge in [-0.1, -0.05) is 38.1 Å². The SMILES string of the molecule is CCOCCOCCOCCOC(=O)C(C)c1ccc(CC(C)C)cc1. The lowest BCUT2D eigenvalue weighted by atomic mass is 9.97. The summed E-state index contributed by atoms with van der Waals surface area (Å²) in [5.41, 5.74) is 2.27. The minimum atomic E-state index is -0.273. The van der Waals surface area contributed by atoms with Gasteiger partial charge < -0.3 is 18.9 Å². The number of carbonyl (C=O) groups is 1. The van der Waals surface area contributed by atoms with E-state index in [0.29, 0.717) is 45.6 Å². The van der Waals surface area contributed by atoms with Gasteiger partial charge in [0.25, 0.3) is 0 Å². The van der Waals surface area contributed by atoms with E-state index >= 15 is 0 Å². The van der Waals surface area contributed by atoms with Gasteiger partial charge in [0.1, 0.15) is 6.61 Å². The van der Waals surface area contributed by atoms with Crippen molar-refractivity contribution in [3.63, 3.8) is 0 Å². The molecular formula is C21H34O5. The Hall–Kier alpha value is -1.43. The third kappa shape index (κ3) is 9.90. The molecular weight excluding hydrogens is 332 g/mol. The summed E-state index contributed by atoms with van der Waals surface area (Å²) in [5.74, 6) is 0.126. The van der Waals surface area contributed by atoms with Crippen molar-refractivity contribution in [3.05, 3.63) is 35.4 Å². The number of esters is 1. The van der Waals surface area contributed by atoms with E-state index in [9.17, 15) is 4.79 Å². The second kappa shape index (κ2) is 13.7. The Morgan fingerprint density at radius 1 is 0.846 bits per heavy atom. The van der Waals surface area contributed by atoms with Crippen LogP contribution in [-0.4, -0.2) is 52.2 Å². The van der Waals surface area contributed by atoms with E-state index in [1.54, 1.807) is 0 Å². The first-order valence-corrected chi connectivity index (χ1v) is 9.53. The molecule has 1 atom stereocenters. The van der Waals surface area contributed by atoms with Gasteiger partial charge in [0.05, 0.1) is 39.0 Å². The maximum atomic E-state index is 12.1. The van der Waals surface area contributed by atoms with Crippen molar-refractivity contribution in [1.29, 1.82) is 0 Å². The molecule has 5 heteroatoms. The predicted molar refractivity (Wildman–Crippen MR) is 102 cm³/mol. The summed E-state index contributed by atoms with van der Waals surface area (Å²) in [4.78, 5) is 12.1. The van der Waals surface area contributed by atoms with Crippen LogP contribution in [0.2, 0.25) is 0 Å². The van der Waals surface area contributed by atoms with Crippen LogP contribution in [0.1, 0.15) is 44.7 Å². The lowest BCUT2D eigenvalue weighted by molar-refractivity contribution is -0.146. The van der Waals surface area contributed by atoms with E-state index in [4.69, 9.17) is 18.9 Å². The maximum absolute atomic E-state index is 12.1. The van der Waals surface area contributed by atoms with Gasteiger partial charge in [0, 0.05) is 6.61 Å². The second-order valence-corrected chi connectivity index (χ2v) is 6.65. The molecule has 148 valence electrons. The number of carbonyl (C=O) groups excluding carboxylic acids is 1. The van der Waals surface area contributed by atoms with Gasteiger partial charge in [-0.2, -0.15) is 0 Å². The standard InChI is InChI=1S/C21H34O5/c1-5-23-10-11-24-12-13-25-14-15-26-21(22)18(4)20-8-6-19(7-9-20)16-17(2)3/h6-9,17-18H,5,10-16H2,1-4H3. The van der Waals surface area contributed by atoms with Gasteiger partial charge in [0.15, 0.2) is 0 Å². The van der Waals surface area contributed by atoms with Crippen molar-refractivity contribution in [3.8, 4) is 0 Å². The van der Waals surface area contributed by atoms with Gasteiger partial charge in [0.2, 0.25) is 0 Å². The topological polar surface area (TPSA) is 54.0 Å². The van der Waals surface area contributed by atoms with Gasteiger partial charge >= 0.3 is 5.97 Å². The third-order valence-electron chi connectivity index (χ3n) is 3.90. The van der Waals surface area contributed by atoms with Crippen LogP contribution in [0.5, 0.6) is 0 Å². The number of hydrogen-bond acceptors (Lipinski definition) is 5. The third-order valence-corrected chi connectivity index (χ3v) is 3.90. The maximum Gasteiger partial charge on any atom is 0.313 e. The fraction of sp³-hybridized carbons (Fsp3) is 0.667. The molecule has 1 rings (SSSR count). The first-order valence-electron chi connectivity index (χ1n) is 9.53. The van der Waals surface area contributed by atoms with Crippen LogP contribution in [0.4, 0.5) is 0 Å². The monoisotopic (exact) mass is 366 g/mol. The minimum absolute atomic E-state index is 0.224. The number of hydrogen-bond donors (Lipinski definition) is 0. The average Bonchev–Trinajstić information content (AvgIpc) is 2.62. The number of rotatable bonds is 14. The first kappa shape index (κ1) is 22.6. The van der Waals surface area contributed by atoms with E-state index in [1.807, 2.05) is 26.0 Å². The molecule has 0 radical (unpaired) electrons. The fourth-order valence-corrected chi connectivity index (χ4v) is 2.46. The van der Waals surface area contributed by atoms with E-state index in [-0.39, 0.29) is 18.5 Å². The van der Waals surface area contributed by atoms with E-state index in [0.717, 1.165) is 12.0 Å². The highest BCUT2D eigenvalue weighted by atomic mass is 16.6. The van der Waals surface area contributed by atoms with E-state index < -0.39 is 0 Å². The molecule has 1 aromatic rings. The highest BCUT2D eigenvalue weighted by molar-refractivity contribution is 5.77. The van der Waals surface area contributed by atoms with E-state index in [2.05, 4.69) is 26.0 Å². The Morgan fingerprint density at radius 3 is 1.92 bits per heavy atom. The number of ether oxygens (including phenoxy) is 4. The zero-order valence-corrected chi connectivity index (χ0v) is 16.7. The molecule has 0 heterocycles. The molecule has 26 heavy (non-hydrogen) atoms. The Labute approximate surface area is 158 Å². The zero-order chi connectivity index (χ0) is 19.2. The normalized spacial score (nSPS) is 12.3. The molecule has 0 fully saturated rings. The molecule has 0 aliphatic heterocycles. The molecule has 0 amide bonds. The summed E-state index contributed by atoms with van der Waals surface area (Å²) < 4.78 is 21.2. The lowest BCUT2D eigenvalue weighted by Crippen LogP contribution is -2.17. The molecule has 0 N–H and O–H groups in total. The highest BCUT2D eigenvalue weighted by Crippen LogP contribution is 2.18. The van der Waals surface area contributed by atoms with Crippen molar-refractivity contribution >= 4 is 5.97 Å². The molecule has 0 spiro atoms. The van der Waals surface area contributed by atoms with Crippen LogP contribution in [0.15, 0.2) is 24.3 Å². The number of benzene rings is 1. The zero-order valence-electron chi connectivity index (χ0n) is 16.7. The molecule has 0 saturated heterocycles. The van der Waals surface area contributed by atoms with Crippen LogP contribution in [-0.2, 0) is 30.2 Å². The van der Waals surface area contributed by atoms with Crippen molar-refractivity contribution < 1.29 is 23.7 Å². The van der Waals surface area contributed by atoms with Crippen molar-refractivity contribution in [2.45, 2.75) is 40.0 Å². The van der Waals surface area contributed by atoms with Crippen LogP contribution in [0.25, 0.3) is 0 Å². The Balaban J connectivity index is 2.14. The quantitative estimate of drug-likeness (QED) is 0.372. The van der Waals surface area contributed by atoms with Crippen LogP contribution in [0.3, 0.4) is 0 Å². The molecule has 0 aromatic heterocycles. The second-order valence-electron chi connectivity index (χ2n) is 6.65. The Morgan fingerprint density at radius 2 is 1.38 bits per heavy atom. The summed E-state index contributed by atoms with van der Waals surface area (Å²) in [6.45, 7) is 11.7. The van der Waals surface area contributed by atoms with Crippen molar-refractivity contribution in [1.82, 2.24) is 0 Å². The van der Waals surface area contributed by atoms with Gasteiger partial charge in [-0.05, 0) is 37.3 Å². The van der Waals surface area contributed by atoms with Crippen molar-refractivity contribution in [2.24, 2.45) is 5.92 Å². The first-order chi connectivity index (χ1) is 12.5. The smallest absolute Gasteiger partial charge is 0.313 e. The van der Waals surface area contributed by atoms with Crippen LogP contribution < -0.4 is 0 Å². The molecule has 1 unspecified atom stereocenters. The molecule has 0 aliphatic carbocycles. The minimum Gasteiger partial charge on any atom is -0.463 e. The van der Waals surface area contributed by atoms with Crippen LogP contribution in [0, 0.1) is 5.92 Å². The summed E-state index contributed by atoms with van der Waals surface area (Å²) >= 11 is 0. The van der Waals surface area contributed by atoms with E-state index in [1.165, 1.54) is 5.56 Å². The van der Waals surface area contributed by atoms with Gasteiger partial charge in [-0.15, -0.1) is 0 Å². The van der Waals surface area contributed by atoms with Gasteiger partial charge in [-0.25, -0.2) is 0 Å². The highest BCUT2D eigenvalue weighted by Gasteiger charge is 2.16. The molecule has 0 bridgehead atoms. The molecule has 5 nitrogen and oxygen atoms in total. The predicted octanol–water partition coefficient (Wildman–Crippen LogP) is 3.60. The largest absolute Gasteiger partial charge is 0.463 e. The fourth-order valence-electron chi connectivity index (χ4n) is 2.46. The summed E-state index contributed by atoms with van der Waals surface area (Å²) in [5, 5.41) is 0. The Bertz CT molecular complexity index is 484. The summed E-state index contributed by atoms with van der Waals surface area (Å²) in [6, 6.07) is 8.21. The van der Waals surface area contributed by atoms with Crippen LogP contribution >= 0.6 is 0 Å². The van der Waals surface area contributed by atoms with Gasteiger partial charge in [-0.3, -0.25) is 4.79 Å². The molecule has 0 aliphatic rings. The lowest BCUT2D eigenvalue weighted by Gasteiger charge is -2.13. The summed E-state index contributed by atoms with van der Waals surface area (Å²) in [6.07, 6.45) is 1.05. The summed E-state index contributed by atoms with van der Waals surface area (Å²) in [7, 11) is 0. The van der Waals surface area contributed by atoms with Crippen molar-refractivity contribution in [2.75, 3.05) is 46.2 Å². The Kier molecular flexibility index (Phi) is 11.9. The molecule has 0 saturated carbocycles. The molecule has 1 aromatic carbocycles. The average molecular weight is 366 g/mol.